The van der Waals surface area contributed by atoms with E-state index in [1.165, 1.54) is 0 Å². The third kappa shape index (κ3) is 5.63. The van der Waals surface area contributed by atoms with Crippen molar-refractivity contribution in [1.82, 2.24) is 10.7 Å². The number of hydrogen-bond acceptors (Lipinski definition) is 3. The van der Waals surface area contributed by atoms with Crippen molar-refractivity contribution in [2.45, 2.75) is 20.3 Å². The van der Waals surface area contributed by atoms with Crippen LogP contribution in [0.1, 0.15) is 25.8 Å². The van der Waals surface area contributed by atoms with Gasteiger partial charge in [0.25, 0.3) is 0 Å². The molecule has 0 aliphatic carbocycles. The van der Waals surface area contributed by atoms with Crippen molar-refractivity contribution in [2.24, 2.45) is 5.10 Å². The van der Waals surface area contributed by atoms with Gasteiger partial charge in [-0.3, -0.25) is 5.43 Å². The molecule has 0 amide bonds. The van der Waals surface area contributed by atoms with Crippen LogP contribution in [-0.4, -0.2) is 24.5 Å². The molecule has 1 aromatic carbocycles. The topological polar surface area (TPSA) is 45.6 Å². The summed E-state index contributed by atoms with van der Waals surface area (Å²) >= 11 is 4.99. The molecular formula is C13H19N3OS. The van der Waals surface area contributed by atoms with Crippen LogP contribution in [0.3, 0.4) is 0 Å². The van der Waals surface area contributed by atoms with Crippen LogP contribution in [0.25, 0.3) is 0 Å². The van der Waals surface area contributed by atoms with Gasteiger partial charge in [0.1, 0.15) is 5.75 Å². The van der Waals surface area contributed by atoms with E-state index in [9.17, 15) is 0 Å². The largest absolute Gasteiger partial charge is 0.494 e. The van der Waals surface area contributed by atoms with E-state index in [0.717, 1.165) is 30.9 Å². The number of nitrogens with zero attached hydrogens (tertiary/aromatic N) is 1. The average Bonchev–Trinajstić information content (AvgIpc) is 2.37. The van der Waals surface area contributed by atoms with Gasteiger partial charge in [-0.25, -0.2) is 0 Å². The van der Waals surface area contributed by atoms with Crippen LogP contribution in [0.4, 0.5) is 0 Å². The van der Waals surface area contributed by atoms with Crippen LogP contribution < -0.4 is 15.5 Å². The first-order valence-electron chi connectivity index (χ1n) is 6.06. The van der Waals surface area contributed by atoms with Crippen molar-refractivity contribution in [1.29, 1.82) is 0 Å². The third-order valence-corrected chi connectivity index (χ3v) is 2.28. The molecule has 0 saturated carbocycles. The van der Waals surface area contributed by atoms with Crippen molar-refractivity contribution < 1.29 is 4.74 Å². The second kappa shape index (κ2) is 8.47. The minimum Gasteiger partial charge on any atom is -0.494 e. The zero-order valence-electron chi connectivity index (χ0n) is 10.8. The molecule has 4 nitrogen and oxygen atoms in total. The Morgan fingerprint density at radius 3 is 3.00 bits per heavy atom. The van der Waals surface area contributed by atoms with Gasteiger partial charge in [0.2, 0.25) is 0 Å². The summed E-state index contributed by atoms with van der Waals surface area (Å²) in [5, 5.41) is 7.52. The number of ether oxygens (including phenoxy) is 1. The van der Waals surface area contributed by atoms with Crippen molar-refractivity contribution >= 4 is 23.5 Å². The molecule has 0 aliphatic heterocycles. The zero-order valence-corrected chi connectivity index (χ0v) is 11.6. The first kappa shape index (κ1) is 14.4. The molecule has 0 heterocycles. The van der Waals surface area contributed by atoms with Crippen molar-refractivity contribution in [2.75, 3.05) is 13.2 Å². The first-order valence-corrected chi connectivity index (χ1v) is 6.46. The highest BCUT2D eigenvalue weighted by atomic mass is 32.1. The maximum atomic E-state index is 5.54. The minimum absolute atomic E-state index is 0.520. The molecule has 0 saturated heterocycles. The summed E-state index contributed by atoms with van der Waals surface area (Å²) in [4.78, 5) is 0. The zero-order chi connectivity index (χ0) is 13.2. The third-order valence-electron chi connectivity index (χ3n) is 2.05. The lowest BCUT2D eigenvalue weighted by Crippen LogP contribution is -2.31. The molecule has 5 heteroatoms. The lowest BCUT2D eigenvalue weighted by molar-refractivity contribution is 0.317. The monoisotopic (exact) mass is 265 g/mol. The van der Waals surface area contributed by atoms with Gasteiger partial charge >= 0.3 is 0 Å². The van der Waals surface area contributed by atoms with Gasteiger partial charge in [-0.1, -0.05) is 19.1 Å². The molecule has 0 aromatic heterocycles. The van der Waals surface area contributed by atoms with E-state index in [4.69, 9.17) is 17.0 Å². The predicted octanol–water partition coefficient (Wildman–Crippen LogP) is 2.29. The summed E-state index contributed by atoms with van der Waals surface area (Å²) in [5.74, 6) is 0.857. The smallest absolute Gasteiger partial charge is 0.186 e. The van der Waals surface area contributed by atoms with E-state index in [-0.39, 0.29) is 0 Å². The molecule has 2 N–H and O–H groups in total. The quantitative estimate of drug-likeness (QED) is 0.470. The van der Waals surface area contributed by atoms with Crippen molar-refractivity contribution in [3.63, 3.8) is 0 Å². The van der Waals surface area contributed by atoms with E-state index < -0.39 is 0 Å². The van der Waals surface area contributed by atoms with Gasteiger partial charge in [-0.15, -0.1) is 0 Å². The van der Waals surface area contributed by atoms with Crippen LogP contribution in [-0.2, 0) is 0 Å². The van der Waals surface area contributed by atoms with Crippen molar-refractivity contribution in [3.05, 3.63) is 29.8 Å². The molecule has 1 rings (SSSR count). The molecule has 0 aliphatic rings. The Morgan fingerprint density at radius 1 is 1.44 bits per heavy atom. The summed E-state index contributed by atoms with van der Waals surface area (Å²) in [6.45, 7) is 5.56. The summed E-state index contributed by atoms with van der Waals surface area (Å²) in [6.07, 6.45) is 2.71. The Hall–Kier alpha value is -1.62. The summed E-state index contributed by atoms with van der Waals surface area (Å²) < 4.78 is 5.54. The molecule has 1 aromatic rings. The molecular weight excluding hydrogens is 246 g/mol. The van der Waals surface area contributed by atoms with Gasteiger partial charge < -0.3 is 10.1 Å². The number of nitrogens with one attached hydrogen (secondary N) is 2. The highest BCUT2D eigenvalue weighted by Crippen LogP contribution is 2.12. The highest BCUT2D eigenvalue weighted by Gasteiger charge is 1.94. The molecule has 0 unspecified atom stereocenters. The van der Waals surface area contributed by atoms with Crippen LogP contribution in [0.15, 0.2) is 29.4 Å². The molecule has 0 spiro atoms. The summed E-state index contributed by atoms with van der Waals surface area (Å²) in [5.41, 5.74) is 3.71. The SMILES string of the molecule is CCCOc1cccc(/C=N\NC(=S)NCC)c1. The van der Waals surface area contributed by atoms with E-state index in [1.807, 2.05) is 31.2 Å². The Morgan fingerprint density at radius 2 is 2.28 bits per heavy atom. The second-order valence-corrected chi connectivity index (χ2v) is 4.06. The van der Waals surface area contributed by atoms with Crippen LogP contribution >= 0.6 is 12.2 Å². The molecule has 0 atom stereocenters. The van der Waals surface area contributed by atoms with E-state index in [2.05, 4.69) is 22.8 Å². The second-order valence-electron chi connectivity index (χ2n) is 3.65. The molecule has 0 bridgehead atoms. The van der Waals surface area contributed by atoms with Gasteiger partial charge in [0.15, 0.2) is 5.11 Å². The maximum absolute atomic E-state index is 5.54. The molecule has 98 valence electrons. The summed E-state index contributed by atoms with van der Waals surface area (Å²) in [6, 6.07) is 7.77. The summed E-state index contributed by atoms with van der Waals surface area (Å²) in [7, 11) is 0. The van der Waals surface area contributed by atoms with Crippen LogP contribution in [0.5, 0.6) is 5.75 Å². The Bertz CT molecular complexity index is 407. The number of hydrogen-bond donors (Lipinski definition) is 2. The van der Waals surface area contributed by atoms with Gasteiger partial charge in [-0.2, -0.15) is 5.10 Å². The van der Waals surface area contributed by atoms with Crippen LogP contribution in [0, 0.1) is 0 Å². The Kier molecular flexibility index (Phi) is 6.79. The fraction of sp³-hybridized carbons (Fsp3) is 0.385. The van der Waals surface area contributed by atoms with Crippen molar-refractivity contribution in [3.8, 4) is 5.75 Å². The molecule has 18 heavy (non-hydrogen) atoms. The molecule has 0 fully saturated rings. The Labute approximate surface area is 113 Å². The Balaban J connectivity index is 2.50. The lowest BCUT2D eigenvalue weighted by Gasteiger charge is -2.05. The van der Waals surface area contributed by atoms with E-state index in [0.29, 0.717) is 5.11 Å². The standard InChI is InChI=1S/C13H19N3OS/c1-3-8-17-12-7-5-6-11(9-12)10-15-16-13(18)14-4-2/h5-7,9-10H,3-4,8H2,1-2H3,(H2,14,16,18)/b15-10-. The fourth-order valence-electron chi connectivity index (χ4n) is 1.27. The maximum Gasteiger partial charge on any atom is 0.186 e. The van der Waals surface area contributed by atoms with E-state index >= 15 is 0 Å². The van der Waals surface area contributed by atoms with Gasteiger partial charge in [-0.05, 0) is 43.3 Å². The van der Waals surface area contributed by atoms with Gasteiger partial charge in [0.05, 0.1) is 12.8 Å². The van der Waals surface area contributed by atoms with E-state index in [1.54, 1.807) is 6.21 Å². The fourth-order valence-corrected chi connectivity index (χ4v) is 1.47. The number of benzene rings is 1. The normalized spacial score (nSPS) is 10.3. The number of rotatable bonds is 6. The molecule has 0 radical (unpaired) electrons. The number of hydrazone groups is 1. The van der Waals surface area contributed by atoms with Gasteiger partial charge in [0, 0.05) is 6.54 Å². The highest BCUT2D eigenvalue weighted by molar-refractivity contribution is 7.80. The number of thiocarbonyl (C=S) groups is 1. The van der Waals surface area contributed by atoms with Crippen LogP contribution in [0.2, 0.25) is 0 Å². The lowest BCUT2D eigenvalue weighted by atomic mass is 10.2. The first-order chi connectivity index (χ1) is 8.76. The predicted molar refractivity (Wildman–Crippen MR) is 79.2 cm³/mol. The minimum atomic E-state index is 0.520. The average molecular weight is 265 g/mol.